The number of carbonyl (C=O) groups excluding carboxylic acids is 2. The number of aromatic nitrogens is 1. The summed E-state index contributed by atoms with van der Waals surface area (Å²) in [5.41, 5.74) is -1.91. The van der Waals surface area contributed by atoms with Crippen LogP contribution in [0.25, 0.3) is 10.9 Å². The molecule has 0 unspecified atom stereocenters. The third kappa shape index (κ3) is 4.57. The summed E-state index contributed by atoms with van der Waals surface area (Å²) in [7, 11) is 0. The van der Waals surface area contributed by atoms with E-state index in [-0.39, 0.29) is 27.3 Å². The molecular formula is C18H21ClN2O6. The highest BCUT2D eigenvalue weighted by Gasteiger charge is 2.32. The van der Waals surface area contributed by atoms with Crippen LogP contribution in [0.1, 0.15) is 52.0 Å². The lowest BCUT2D eigenvalue weighted by molar-refractivity contribution is -0.384. The quantitative estimate of drug-likeness (QED) is 0.404. The number of carbonyl (C=O) groups is 2. The van der Waals surface area contributed by atoms with Crippen molar-refractivity contribution in [3.63, 3.8) is 0 Å². The van der Waals surface area contributed by atoms with E-state index in [1.165, 1.54) is 18.2 Å². The van der Waals surface area contributed by atoms with Gasteiger partial charge in [-0.15, -0.1) is 0 Å². The number of non-ortho nitro benzene ring substituents is 1. The Kier molecular flexibility index (Phi) is 5.25. The molecule has 1 aromatic heterocycles. The summed E-state index contributed by atoms with van der Waals surface area (Å²) in [6.45, 7) is 10.0. The van der Waals surface area contributed by atoms with Crippen molar-refractivity contribution in [2.45, 2.75) is 52.7 Å². The molecule has 0 saturated carbocycles. The van der Waals surface area contributed by atoms with E-state index < -0.39 is 28.2 Å². The number of halogens is 1. The molecule has 0 radical (unpaired) electrons. The molecule has 1 heterocycles. The Hall–Kier alpha value is -2.61. The fourth-order valence-corrected chi connectivity index (χ4v) is 2.67. The number of rotatable bonds is 2. The fourth-order valence-electron chi connectivity index (χ4n) is 2.36. The lowest BCUT2D eigenvalue weighted by atomic mass is 10.2. The van der Waals surface area contributed by atoms with Gasteiger partial charge in [-0.05, 0) is 47.6 Å². The Morgan fingerprint density at radius 2 is 1.63 bits per heavy atom. The number of hydrogen-bond donors (Lipinski definition) is 0. The third-order valence-corrected chi connectivity index (χ3v) is 3.65. The minimum Gasteiger partial charge on any atom is -0.455 e. The van der Waals surface area contributed by atoms with E-state index in [0.29, 0.717) is 0 Å². The number of fused-ring (bicyclic) bond motifs is 1. The molecule has 146 valence electrons. The lowest BCUT2D eigenvalue weighted by Crippen LogP contribution is -2.31. The monoisotopic (exact) mass is 396 g/mol. The number of esters is 1. The van der Waals surface area contributed by atoms with Gasteiger partial charge in [0.1, 0.15) is 11.2 Å². The molecule has 27 heavy (non-hydrogen) atoms. The Labute approximate surface area is 161 Å². The van der Waals surface area contributed by atoms with Gasteiger partial charge in [0.25, 0.3) is 5.69 Å². The van der Waals surface area contributed by atoms with Crippen LogP contribution in [0.5, 0.6) is 0 Å². The summed E-state index contributed by atoms with van der Waals surface area (Å²) in [4.78, 5) is 35.9. The van der Waals surface area contributed by atoms with Crippen molar-refractivity contribution in [1.29, 1.82) is 0 Å². The summed E-state index contributed by atoms with van der Waals surface area (Å²) in [6, 6.07) is 3.77. The zero-order chi connectivity index (χ0) is 20.7. The van der Waals surface area contributed by atoms with Gasteiger partial charge < -0.3 is 9.47 Å². The van der Waals surface area contributed by atoms with Crippen LogP contribution >= 0.6 is 11.6 Å². The van der Waals surface area contributed by atoms with Crippen LogP contribution in [0.4, 0.5) is 10.5 Å². The molecule has 0 bridgehead atoms. The molecule has 0 aliphatic rings. The van der Waals surface area contributed by atoms with Gasteiger partial charge >= 0.3 is 12.1 Å². The summed E-state index contributed by atoms with van der Waals surface area (Å²) >= 11 is 6.33. The van der Waals surface area contributed by atoms with Gasteiger partial charge in [-0.3, -0.25) is 10.1 Å². The Bertz CT molecular complexity index is 934. The van der Waals surface area contributed by atoms with Crippen molar-refractivity contribution in [2.75, 3.05) is 0 Å². The summed E-state index contributed by atoms with van der Waals surface area (Å²) in [6.07, 6.45) is -0.839. The maximum absolute atomic E-state index is 12.7. The Morgan fingerprint density at radius 3 is 2.11 bits per heavy atom. The van der Waals surface area contributed by atoms with Gasteiger partial charge in [-0.1, -0.05) is 11.6 Å². The molecule has 2 aromatic rings. The van der Waals surface area contributed by atoms with Crippen LogP contribution in [0, 0.1) is 10.1 Å². The summed E-state index contributed by atoms with van der Waals surface area (Å²) in [5.74, 6) is -0.836. The first-order valence-electron chi connectivity index (χ1n) is 8.16. The maximum Gasteiger partial charge on any atom is 0.419 e. The Morgan fingerprint density at radius 1 is 1.07 bits per heavy atom. The zero-order valence-corrected chi connectivity index (χ0v) is 16.7. The molecular weight excluding hydrogens is 376 g/mol. The van der Waals surface area contributed by atoms with Crippen molar-refractivity contribution in [1.82, 2.24) is 4.57 Å². The van der Waals surface area contributed by atoms with Gasteiger partial charge in [0.05, 0.1) is 15.5 Å². The van der Waals surface area contributed by atoms with E-state index in [0.717, 1.165) is 4.57 Å². The number of nitro groups is 1. The summed E-state index contributed by atoms with van der Waals surface area (Å²) < 4.78 is 11.7. The van der Waals surface area contributed by atoms with Gasteiger partial charge in [-0.2, -0.15) is 0 Å². The molecule has 0 spiro atoms. The standard InChI is InChI=1S/C18H21ClN2O6/c1-17(2,3)26-15(22)14-13(19)11-9-10(21(24)25)7-8-12(11)20(14)16(23)27-18(4,5)6/h7-9H,1-6H3. The molecule has 0 atom stereocenters. The fraction of sp³-hybridized carbons (Fsp3) is 0.444. The first-order chi connectivity index (χ1) is 12.2. The number of nitro benzene ring substituents is 1. The van der Waals surface area contributed by atoms with Crippen LogP contribution < -0.4 is 0 Å². The number of nitrogens with zero attached hydrogens (tertiary/aromatic N) is 2. The van der Waals surface area contributed by atoms with Gasteiger partial charge in [0, 0.05) is 17.5 Å². The molecule has 0 amide bonds. The van der Waals surface area contributed by atoms with Crippen molar-refractivity contribution < 1.29 is 24.0 Å². The van der Waals surface area contributed by atoms with E-state index in [2.05, 4.69) is 0 Å². The van der Waals surface area contributed by atoms with Crippen molar-refractivity contribution in [2.24, 2.45) is 0 Å². The van der Waals surface area contributed by atoms with E-state index in [9.17, 15) is 19.7 Å². The number of benzene rings is 1. The van der Waals surface area contributed by atoms with Crippen molar-refractivity contribution in [3.8, 4) is 0 Å². The minimum atomic E-state index is -0.839. The highest BCUT2D eigenvalue weighted by Crippen LogP contribution is 2.35. The predicted octanol–water partition coefficient (Wildman–Crippen LogP) is 4.94. The van der Waals surface area contributed by atoms with Crippen molar-refractivity contribution in [3.05, 3.63) is 39.0 Å². The van der Waals surface area contributed by atoms with E-state index in [1.807, 2.05) is 0 Å². The molecule has 0 aliphatic carbocycles. The number of ether oxygens (including phenoxy) is 2. The van der Waals surface area contributed by atoms with Crippen LogP contribution in [0.15, 0.2) is 18.2 Å². The van der Waals surface area contributed by atoms with E-state index in [1.54, 1.807) is 41.5 Å². The first-order valence-corrected chi connectivity index (χ1v) is 8.54. The largest absolute Gasteiger partial charge is 0.455 e. The highest BCUT2D eigenvalue weighted by atomic mass is 35.5. The molecule has 9 heteroatoms. The minimum absolute atomic E-state index is 0.117. The SMILES string of the molecule is CC(C)(C)OC(=O)c1c(Cl)c2cc([N+](=O)[O-])ccc2n1C(=O)OC(C)(C)C. The van der Waals surface area contributed by atoms with E-state index in [4.69, 9.17) is 21.1 Å². The molecule has 2 rings (SSSR count). The van der Waals surface area contributed by atoms with Gasteiger partial charge in [0.2, 0.25) is 0 Å². The molecule has 0 N–H and O–H groups in total. The third-order valence-electron chi connectivity index (χ3n) is 3.27. The molecule has 8 nitrogen and oxygen atoms in total. The van der Waals surface area contributed by atoms with Crippen LogP contribution in [0.3, 0.4) is 0 Å². The topological polar surface area (TPSA) is 101 Å². The van der Waals surface area contributed by atoms with E-state index >= 15 is 0 Å². The molecule has 0 fully saturated rings. The second-order valence-electron chi connectivity index (χ2n) is 7.94. The zero-order valence-electron chi connectivity index (χ0n) is 16.0. The lowest BCUT2D eigenvalue weighted by Gasteiger charge is -2.22. The van der Waals surface area contributed by atoms with Crippen LogP contribution in [0.2, 0.25) is 5.02 Å². The van der Waals surface area contributed by atoms with Crippen molar-refractivity contribution >= 4 is 40.3 Å². The van der Waals surface area contributed by atoms with Crippen LogP contribution in [-0.2, 0) is 9.47 Å². The van der Waals surface area contributed by atoms with Crippen LogP contribution in [-0.4, -0.2) is 32.8 Å². The normalized spacial score (nSPS) is 12.1. The summed E-state index contributed by atoms with van der Waals surface area (Å²) in [5, 5.41) is 11.1. The second kappa shape index (κ2) is 6.84. The van der Waals surface area contributed by atoms with Gasteiger partial charge in [-0.25, -0.2) is 14.2 Å². The first kappa shape index (κ1) is 20.7. The smallest absolute Gasteiger partial charge is 0.419 e. The molecule has 0 aliphatic heterocycles. The average molecular weight is 397 g/mol. The highest BCUT2D eigenvalue weighted by molar-refractivity contribution is 6.39. The second-order valence-corrected chi connectivity index (χ2v) is 8.32. The maximum atomic E-state index is 12.7. The molecule has 1 aromatic carbocycles. The average Bonchev–Trinajstić information content (AvgIpc) is 2.76. The van der Waals surface area contributed by atoms with Gasteiger partial charge in [0.15, 0.2) is 5.69 Å². The predicted molar refractivity (Wildman–Crippen MR) is 100 cm³/mol. The molecule has 0 saturated heterocycles. The number of hydrogen-bond acceptors (Lipinski definition) is 6. The Balaban J connectivity index is 2.75.